The lowest BCUT2D eigenvalue weighted by atomic mass is 10.3. The Morgan fingerprint density at radius 3 is 2.50 bits per heavy atom. The number of halogens is 4. The Bertz CT molecular complexity index is 691. The molecule has 130 valence electrons. The third-order valence-electron chi connectivity index (χ3n) is 3.00. The second kappa shape index (κ2) is 7.67. The van der Waals surface area contributed by atoms with Crippen LogP contribution in [0.5, 0.6) is 0 Å². The summed E-state index contributed by atoms with van der Waals surface area (Å²) in [4.78, 5) is 9.49. The van der Waals surface area contributed by atoms with Crippen LogP contribution in [-0.2, 0) is 6.18 Å². The van der Waals surface area contributed by atoms with Crippen molar-refractivity contribution < 1.29 is 13.2 Å². The molecule has 0 bridgehead atoms. The number of hydrogen-bond acceptors (Lipinski definition) is 5. The quantitative estimate of drug-likeness (QED) is 0.820. The summed E-state index contributed by atoms with van der Waals surface area (Å²) in [6.07, 6.45) is -4.57. The number of anilines is 3. The van der Waals surface area contributed by atoms with Crippen LogP contribution in [0, 0.1) is 0 Å². The van der Waals surface area contributed by atoms with Crippen molar-refractivity contribution in [2.24, 2.45) is 0 Å². The molecule has 0 fully saturated rings. The van der Waals surface area contributed by atoms with Gasteiger partial charge in [-0.05, 0) is 26.2 Å². The number of para-hydroxylation sites is 1. The minimum absolute atomic E-state index is 0.0118. The van der Waals surface area contributed by atoms with Crippen LogP contribution in [0.1, 0.15) is 5.69 Å². The number of alkyl halides is 3. The van der Waals surface area contributed by atoms with Crippen molar-refractivity contribution >= 4 is 29.1 Å². The van der Waals surface area contributed by atoms with Crippen LogP contribution in [0.15, 0.2) is 30.3 Å². The molecular formula is C15H17ClF3N5. The molecule has 0 spiro atoms. The molecule has 0 amide bonds. The Hall–Kier alpha value is -2.06. The second-order valence-electron chi connectivity index (χ2n) is 5.29. The van der Waals surface area contributed by atoms with E-state index in [1.165, 1.54) is 0 Å². The van der Waals surface area contributed by atoms with Crippen LogP contribution in [0.3, 0.4) is 0 Å². The molecule has 0 saturated heterocycles. The van der Waals surface area contributed by atoms with E-state index in [1.54, 1.807) is 24.3 Å². The van der Waals surface area contributed by atoms with Crippen molar-refractivity contribution in [3.05, 3.63) is 41.0 Å². The number of aromatic nitrogens is 2. The zero-order chi connectivity index (χ0) is 17.7. The highest BCUT2D eigenvalue weighted by Crippen LogP contribution is 2.31. The van der Waals surface area contributed by atoms with Crippen molar-refractivity contribution in [3.63, 3.8) is 0 Å². The van der Waals surface area contributed by atoms with E-state index in [0.29, 0.717) is 23.8 Å². The molecule has 0 aliphatic rings. The van der Waals surface area contributed by atoms with E-state index in [-0.39, 0.29) is 11.8 Å². The van der Waals surface area contributed by atoms with Gasteiger partial charge in [-0.3, -0.25) is 0 Å². The van der Waals surface area contributed by atoms with Gasteiger partial charge >= 0.3 is 6.18 Å². The molecule has 0 radical (unpaired) electrons. The largest absolute Gasteiger partial charge is 0.433 e. The van der Waals surface area contributed by atoms with Gasteiger partial charge in [0.1, 0.15) is 5.82 Å². The third kappa shape index (κ3) is 5.24. The highest BCUT2D eigenvalue weighted by molar-refractivity contribution is 6.33. The molecule has 0 atom stereocenters. The summed E-state index contributed by atoms with van der Waals surface area (Å²) < 4.78 is 39.1. The Kier molecular flexibility index (Phi) is 5.84. The van der Waals surface area contributed by atoms with Gasteiger partial charge in [0, 0.05) is 19.2 Å². The lowest BCUT2D eigenvalue weighted by molar-refractivity contribution is -0.141. The number of likely N-dealkylation sites (N-methyl/N-ethyl adjacent to an activating group) is 1. The number of benzene rings is 1. The number of nitrogens with one attached hydrogen (secondary N) is 2. The zero-order valence-electron chi connectivity index (χ0n) is 13.2. The van der Waals surface area contributed by atoms with Gasteiger partial charge in [0.25, 0.3) is 0 Å². The molecule has 1 heterocycles. The first-order chi connectivity index (χ1) is 11.3. The fourth-order valence-corrected chi connectivity index (χ4v) is 2.01. The van der Waals surface area contributed by atoms with E-state index < -0.39 is 11.9 Å². The van der Waals surface area contributed by atoms with E-state index in [4.69, 9.17) is 11.6 Å². The Balaban J connectivity index is 2.27. The summed E-state index contributed by atoms with van der Waals surface area (Å²) in [5.41, 5.74) is -0.565. The van der Waals surface area contributed by atoms with Crippen LogP contribution >= 0.6 is 11.6 Å². The zero-order valence-corrected chi connectivity index (χ0v) is 13.9. The minimum atomic E-state index is -4.57. The van der Waals surface area contributed by atoms with Crippen molar-refractivity contribution in [1.82, 2.24) is 14.9 Å². The van der Waals surface area contributed by atoms with E-state index in [9.17, 15) is 13.2 Å². The van der Waals surface area contributed by atoms with Crippen molar-refractivity contribution in [2.75, 3.05) is 37.8 Å². The summed E-state index contributed by atoms with van der Waals surface area (Å²) in [5, 5.41) is 5.96. The maximum absolute atomic E-state index is 13.0. The van der Waals surface area contributed by atoms with E-state index in [2.05, 4.69) is 20.6 Å². The van der Waals surface area contributed by atoms with E-state index in [0.717, 1.165) is 6.07 Å². The fraction of sp³-hybridized carbons (Fsp3) is 0.333. The third-order valence-corrected chi connectivity index (χ3v) is 3.32. The Morgan fingerprint density at radius 1 is 1.17 bits per heavy atom. The molecule has 1 aromatic heterocycles. The molecule has 0 unspecified atom stereocenters. The first-order valence-corrected chi connectivity index (χ1v) is 7.50. The molecule has 1 aromatic carbocycles. The minimum Gasteiger partial charge on any atom is -0.353 e. The standard InChI is InChI=1S/C15H17ClF3N5/c1-24(2)8-7-20-14-22-12(15(17,18)19)9-13(23-14)21-11-6-4-3-5-10(11)16/h3-6,9H,7-8H2,1-2H3,(H2,20,21,22,23). The lowest BCUT2D eigenvalue weighted by Crippen LogP contribution is -2.22. The average Bonchev–Trinajstić information content (AvgIpc) is 2.48. The molecule has 0 aliphatic carbocycles. The molecule has 0 saturated carbocycles. The maximum atomic E-state index is 13.0. The van der Waals surface area contributed by atoms with Crippen molar-refractivity contribution in [1.29, 1.82) is 0 Å². The van der Waals surface area contributed by atoms with Crippen LogP contribution in [0.4, 0.5) is 30.6 Å². The van der Waals surface area contributed by atoms with E-state index >= 15 is 0 Å². The molecule has 2 aromatic rings. The van der Waals surface area contributed by atoms with Crippen molar-refractivity contribution in [2.45, 2.75) is 6.18 Å². The van der Waals surface area contributed by atoms with Gasteiger partial charge in [-0.2, -0.15) is 18.2 Å². The normalized spacial score (nSPS) is 11.6. The highest BCUT2D eigenvalue weighted by atomic mass is 35.5. The predicted molar refractivity (Wildman–Crippen MR) is 88.8 cm³/mol. The fourth-order valence-electron chi connectivity index (χ4n) is 1.83. The summed E-state index contributed by atoms with van der Waals surface area (Å²) in [7, 11) is 3.72. The molecule has 5 nitrogen and oxygen atoms in total. The summed E-state index contributed by atoms with van der Waals surface area (Å²) in [6, 6.07) is 7.57. The molecule has 0 aliphatic heterocycles. The van der Waals surface area contributed by atoms with Crippen LogP contribution in [0.25, 0.3) is 0 Å². The first kappa shape index (κ1) is 18.3. The van der Waals surface area contributed by atoms with Crippen LogP contribution in [-0.4, -0.2) is 42.1 Å². The number of nitrogens with zero attached hydrogens (tertiary/aromatic N) is 3. The number of rotatable bonds is 6. The first-order valence-electron chi connectivity index (χ1n) is 7.12. The Morgan fingerprint density at radius 2 is 1.88 bits per heavy atom. The van der Waals surface area contributed by atoms with Gasteiger partial charge in [-0.25, -0.2) is 4.98 Å². The Labute approximate surface area is 142 Å². The summed E-state index contributed by atoms with van der Waals surface area (Å²) >= 11 is 6.01. The molecule has 2 rings (SSSR count). The van der Waals surface area contributed by atoms with Gasteiger partial charge in [-0.15, -0.1) is 0 Å². The van der Waals surface area contributed by atoms with Crippen LogP contribution < -0.4 is 10.6 Å². The smallest absolute Gasteiger partial charge is 0.353 e. The topological polar surface area (TPSA) is 53.1 Å². The van der Waals surface area contributed by atoms with Gasteiger partial charge < -0.3 is 15.5 Å². The monoisotopic (exact) mass is 359 g/mol. The SMILES string of the molecule is CN(C)CCNc1nc(Nc2ccccc2Cl)cc(C(F)(F)F)n1. The van der Waals surface area contributed by atoms with Crippen molar-refractivity contribution in [3.8, 4) is 0 Å². The highest BCUT2D eigenvalue weighted by Gasteiger charge is 2.33. The van der Waals surface area contributed by atoms with Gasteiger partial charge in [0.15, 0.2) is 5.69 Å². The van der Waals surface area contributed by atoms with Gasteiger partial charge in [-0.1, -0.05) is 23.7 Å². The van der Waals surface area contributed by atoms with Gasteiger partial charge in [0.05, 0.1) is 10.7 Å². The number of hydrogen-bond donors (Lipinski definition) is 2. The summed E-state index contributed by atoms with van der Waals surface area (Å²) in [6.45, 7) is 1.05. The lowest BCUT2D eigenvalue weighted by Gasteiger charge is -2.14. The molecule has 2 N–H and O–H groups in total. The van der Waals surface area contributed by atoms with Gasteiger partial charge in [0.2, 0.25) is 5.95 Å². The van der Waals surface area contributed by atoms with Crippen LogP contribution in [0.2, 0.25) is 5.02 Å². The molecular weight excluding hydrogens is 343 g/mol. The summed E-state index contributed by atoms with van der Waals surface area (Å²) in [5.74, 6) is -0.0843. The van der Waals surface area contributed by atoms with E-state index in [1.807, 2.05) is 19.0 Å². The molecule has 24 heavy (non-hydrogen) atoms. The predicted octanol–water partition coefficient (Wildman–Crippen LogP) is 3.87. The second-order valence-corrected chi connectivity index (χ2v) is 5.70. The average molecular weight is 360 g/mol. The molecule has 9 heteroatoms. The maximum Gasteiger partial charge on any atom is 0.433 e.